The lowest BCUT2D eigenvalue weighted by molar-refractivity contribution is 0.0717. The van der Waals surface area contributed by atoms with E-state index in [1.807, 2.05) is 37.1 Å². The van der Waals surface area contributed by atoms with E-state index >= 15 is 0 Å². The molecule has 4 heteroatoms. The molecule has 0 aromatic carbocycles. The molecule has 0 radical (unpaired) electrons. The lowest BCUT2D eigenvalue weighted by Crippen LogP contribution is -2.36. The van der Waals surface area contributed by atoms with Crippen LogP contribution in [0.25, 0.3) is 0 Å². The fourth-order valence-electron chi connectivity index (χ4n) is 1.63. The lowest BCUT2D eigenvalue weighted by atomic mass is 10.2. The van der Waals surface area contributed by atoms with Crippen LogP contribution in [0.5, 0.6) is 0 Å². The van der Waals surface area contributed by atoms with Crippen LogP contribution in [0.4, 0.5) is 0 Å². The summed E-state index contributed by atoms with van der Waals surface area (Å²) in [5.41, 5.74) is 0.698. The van der Waals surface area contributed by atoms with E-state index in [9.17, 15) is 4.79 Å². The average molecular weight is 265 g/mol. The number of carbonyl (C=O) groups excluding carboxylic acids is 1. The molecule has 1 amide bonds. The first-order chi connectivity index (χ1) is 8.60. The standard InChI is InChI=1S/C14H19NO2S/c1-4-15(11(2)3)14(17)12-9-13(18-10-12)7-5-6-8-16/h9-11,16H,4,6,8H2,1-3H3. The van der Waals surface area contributed by atoms with Crippen LogP contribution in [0.2, 0.25) is 0 Å². The molecule has 1 rings (SSSR count). The van der Waals surface area contributed by atoms with E-state index in [1.165, 1.54) is 11.3 Å². The van der Waals surface area contributed by atoms with Gasteiger partial charge in [0.05, 0.1) is 17.0 Å². The Hall–Kier alpha value is -1.31. The fourth-order valence-corrected chi connectivity index (χ4v) is 2.38. The summed E-state index contributed by atoms with van der Waals surface area (Å²) in [4.78, 5) is 14.9. The Balaban J connectivity index is 2.80. The Morgan fingerprint density at radius 2 is 2.28 bits per heavy atom. The summed E-state index contributed by atoms with van der Waals surface area (Å²) in [6, 6.07) is 2.02. The molecule has 0 aliphatic rings. The van der Waals surface area contributed by atoms with Crippen LogP contribution in [0.1, 0.15) is 42.4 Å². The Morgan fingerprint density at radius 1 is 1.56 bits per heavy atom. The Morgan fingerprint density at radius 3 is 2.83 bits per heavy atom. The van der Waals surface area contributed by atoms with E-state index < -0.39 is 0 Å². The van der Waals surface area contributed by atoms with E-state index in [4.69, 9.17) is 5.11 Å². The Labute approximate surface area is 112 Å². The summed E-state index contributed by atoms with van der Waals surface area (Å²) in [6.45, 7) is 6.77. The van der Waals surface area contributed by atoms with Crippen molar-refractivity contribution in [2.24, 2.45) is 0 Å². The van der Waals surface area contributed by atoms with E-state index in [1.54, 1.807) is 0 Å². The highest BCUT2D eigenvalue weighted by molar-refractivity contribution is 7.10. The second-order valence-corrected chi connectivity index (χ2v) is 5.07. The van der Waals surface area contributed by atoms with E-state index in [0.29, 0.717) is 18.5 Å². The number of amides is 1. The molecule has 0 unspecified atom stereocenters. The number of aliphatic hydroxyl groups is 1. The summed E-state index contributed by atoms with van der Waals surface area (Å²) in [5, 5.41) is 10.5. The monoisotopic (exact) mass is 265 g/mol. The second-order valence-electron chi connectivity index (χ2n) is 4.16. The maximum atomic E-state index is 12.2. The molecule has 0 aliphatic heterocycles. The van der Waals surface area contributed by atoms with Crippen molar-refractivity contribution >= 4 is 17.2 Å². The van der Waals surface area contributed by atoms with Gasteiger partial charge in [0, 0.05) is 24.4 Å². The predicted octanol–water partition coefficient (Wildman–Crippen LogP) is 2.35. The molecule has 0 saturated carbocycles. The van der Waals surface area contributed by atoms with Gasteiger partial charge in [0.2, 0.25) is 0 Å². The highest BCUT2D eigenvalue weighted by atomic mass is 32.1. The minimum atomic E-state index is 0.0546. The highest BCUT2D eigenvalue weighted by Gasteiger charge is 2.17. The third-order valence-corrected chi connectivity index (χ3v) is 3.37. The van der Waals surface area contributed by atoms with Gasteiger partial charge in [0.25, 0.3) is 5.91 Å². The van der Waals surface area contributed by atoms with Gasteiger partial charge in [-0.1, -0.05) is 11.8 Å². The molecule has 0 spiro atoms. The zero-order chi connectivity index (χ0) is 13.5. The van der Waals surface area contributed by atoms with Crippen LogP contribution < -0.4 is 0 Å². The zero-order valence-corrected chi connectivity index (χ0v) is 11.9. The molecular formula is C14H19NO2S. The van der Waals surface area contributed by atoms with Gasteiger partial charge in [0.15, 0.2) is 0 Å². The summed E-state index contributed by atoms with van der Waals surface area (Å²) < 4.78 is 0. The maximum Gasteiger partial charge on any atom is 0.254 e. The summed E-state index contributed by atoms with van der Waals surface area (Å²) in [5.74, 6) is 5.85. The number of hydrogen-bond acceptors (Lipinski definition) is 3. The van der Waals surface area contributed by atoms with Gasteiger partial charge in [0.1, 0.15) is 0 Å². The molecule has 0 bridgehead atoms. The van der Waals surface area contributed by atoms with E-state index in [2.05, 4.69) is 11.8 Å². The number of hydrogen-bond donors (Lipinski definition) is 1. The lowest BCUT2D eigenvalue weighted by Gasteiger charge is -2.24. The maximum absolute atomic E-state index is 12.2. The van der Waals surface area contributed by atoms with Crippen LogP contribution >= 0.6 is 11.3 Å². The minimum absolute atomic E-state index is 0.0546. The molecule has 1 aromatic rings. The van der Waals surface area contributed by atoms with E-state index in [0.717, 1.165) is 4.88 Å². The molecular weight excluding hydrogens is 246 g/mol. The SMILES string of the molecule is CCN(C(=O)c1csc(C#CCCO)c1)C(C)C. The molecule has 98 valence electrons. The summed E-state index contributed by atoms with van der Waals surface area (Å²) in [6.07, 6.45) is 0.467. The largest absolute Gasteiger partial charge is 0.395 e. The minimum Gasteiger partial charge on any atom is -0.395 e. The molecule has 0 fully saturated rings. The Bertz CT molecular complexity index is 454. The third-order valence-electron chi connectivity index (χ3n) is 2.52. The van der Waals surface area contributed by atoms with E-state index in [-0.39, 0.29) is 18.6 Å². The van der Waals surface area contributed by atoms with Gasteiger partial charge < -0.3 is 10.0 Å². The van der Waals surface area contributed by atoms with Gasteiger partial charge in [-0.2, -0.15) is 0 Å². The molecule has 1 aromatic heterocycles. The van der Waals surface area contributed by atoms with Crippen molar-refractivity contribution in [3.63, 3.8) is 0 Å². The molecule has 1 N–H and O–H groups in total. The first-order valence-electron chi connectivity index (χ1n) is 6.09. The predicted molar refractivity (Wildman–Crippen MR) is 74.7 cm³/mol. The summed E-state index contributed by atoms with van der Waals surface area (Å²) in [7, 11) is 0. The van der Waals surface area contributed by atoms with Gasteiger partial charge in [-0.15, -0.1) is 11.3 Å². The number of aliphatic hydroxyl groups excluding tert-OH is 1. The van der Waals surface area contributed by atoms with Crippen LogP contribution in [0.3, 0.4) is 0 Å². The average Bonchev–Trinajstić information content (AvgIpc) is 2.78. The van der Waals surface area contributed by atoms with Crippen molar-refractivity contribution in [2.45, 2.75) is 33.2 Å². The van der Waals surface area contributed by atoms with Crippen molar-refractivity contribution in [1.29, 1.82) is 0 Å². The number of thiophene rings is 1. The molecule has 18 heavy (non-hydrogen) atoms. The van der Waals surface area contributed by atoms with Crippen molar-refractivity contribution < 1.29 is 9.90 Å². The number of carbonyl (C=O) groups is 1. The van der Waals surface area contributed by atoms with Crippen LogP contribution in [0, 0.1) is 11.8 Å². The summed E-state index contributed by atoms with van der Waals surface area (Å²) >= 11 is 1.47. The first kappa shape index (κ1) is 14.7. The van der Waals surface area contributed by atoms with Gasteiger partial charge in [-0.25, -0.2) is 0 Å². The zero-order valence-electron chi connectivity index (χ0n) is 11.1. The highest BCUT2D eigenvalue weighted by Crippen LogP contribution is 2.16. The van der Waals surface area contributed by atoms with Crippen LogP contribution in [-0.4, -0.2) is 35.1 Å². The van der Waals surface area contributed by atoms with Gasteiger partial charge >= 0.3 is 0 Å². The fraction of sp³-hybridized carbons (Fsp3) is 0.500. The van der Waals surface area contributed by atoms with Gasteiger partial charge in [-0.3, -0.25) is 4.79 Å². The van der Waals surface area contributed by atoms with Crippen LogP contribution in [0.15, 0.2) is 11.4 Å². The number of rotatable bonds is 4. The normalized spacial score (nSPS) is 10.1. The Kier molecular flexibility index (Phi) is 5.90. The molecule has 0 saturated heterocycles. The third kappa shape index (κ3) is 3.86. The topological polar surface area (TPSA) is 40.5 Å². The van der Waals surface area contributed by atoms with Crippen molar-refractivity contribution in [1.82, 2.24) is 4.90 Å². The number of nitrogens with zero attached hydrogens (tertiary/aromatic N) is 1. The molecule has 0 atom stereocenters. The van der Waals surface area contributed by atoms with Gasteiger partial charge in [-0.05, 0) is 26.8 Å². The smallest absolute Gasteiger partial charge is 0.254 e. The quantitative estimate of drug-likeness (QED) is 0.849. The molecule has 1 heterocycles. The molecule has 0 aliphatic carbocycles. The second kappa shape index (κ2) is 7.20. The van der Waals surface area contributed by atoms with Crippen molar-refractivity contribution in [3.05, 3.63) is 21.9 Å². The first-order valence-corrected chi connectivity index (χ1v) is 6.97. The van der Waals surface area contributed by atoms with Crippen molar-refractivity contribution in [3.8, 4) is 11.8 Å². The van der Waals surface area contributed by atoms with Crippen molar-refractivity contribution in [2.75, 3.05) is 13.2 Å². The van der Waals surface area contributed by atoms with Crippen LogP contribution in [-0.2, 0) is 0 Å². The molecule has 3 nitrogen and oxygen atoms in total.